The molecule has 0 spiro atoms. The van der Waals surface area contributed by atoms with Gasteiger partial charge in [0.05, 0.1) is 26.4 Å². The van der Waals surface area contributed by atoms with Crippen LogP contribution in [-0.2, 0) is 33.2 Å². The van der Waals surface area contributed by atoms with Crippen molar-refractivity contribution in [1.29, 1.82) is 0 Å². The van der Waals surface area contributed by atoms with E-state index in [9.17, 15) is 56.2 Å². The Kier molecular flexibility index (Phi) is 10.5. The molecular weight excluding hydrogens is 540 g/mol. The van der Waals surface area contributed by atoms with Gasteiger partial charge in [-0.1, -0.05) is 0 Å². The van der Waals surface area contributed by atoms with Gasteiger partial charge in [0.25, 0.3) is 0 Å². The maximum Gasteiger partial charge on any atom is 0.187 e. The van der Waals surface area contributed by atoms with Crippen molar-refractivity contribution in [2.24, 2.45) is 0 Å². The Bertz CT molecular complexity index is 777. The number of hydrogen-bond acceptors (Lipinski definition) is 18. The van der Waals surface area contributed by atoms with E-state index in [0.717, 1.165) is 0 Å². The van der Waals surface area contributed by atoms with Crippen LogP contribution in [0.25, 0.3) is 0 Å². The molecule has 4 rings (SSSR count). The number of rotatable bonds is 11. The average molecular weight is 577 g/mol. The monoisotopic (exact) mass is 576 g/mol. The highest BCUT2D eigenvalue weighted by Crippen LogP contribution is 2.36. The van der Waals surface area contributed by atoms with Gasteiger partial charge >= 0.3 is 0 Å². The van der Waals surface area contributed by atoms with Crippen LogP contribution in [-0.4, -0.2) is 187 Å². The SMILES string of the molecule is OC[C@@H](O)[C@@H]1O[C@@H](O[C@H]2[C@@H](O[C@@H]3[C@@H](O)[C@H](CO)O[C@@H]3O)O[C@@H](CO)[C@@H]2O)[C@H](O)[C@H]1O[C@@H]1O[C@@H](CO)[C@H](O)[C@H]1O. The van der Waals surface area contributed by atoms with Gasteiger partial charge < -0.3 is 89.3 Å². The molecule has 11 N–H and O–H groups in total. The minimum absolute atomic E-state index is 0.640. The van der Waals surface area contributed by atoms with Crippen molar-refractivity contribution in [3.8, 4) is 0 Å². The molecule has 4 fully saturated rings. The number of aliphatic hydroxyl groups is 11. The number of ether oxygens (including phenoxy) is 7. The second kappa shape index (κ2) is 13.1. The summed E-state index contributed by atoms with van der Waals surface area (Å²) in [6, 6.07) is 0. The molecule has 0 saturated carbocycles. The summed E-state index contributed by atoms with van der Waals surface area (Å²) in [4.78, 5) is 0. The molecule has 18 heteroatoms. The maximum absolute atomic E-state index is 10.9. The van der Waals surface area contributed by atoms with Crippen LogP contribution in [0.2, 0.25) is 0 Å². The predicted octanol–water partition coefficient (Wildman–Crippen LogP) is -7.83. The first-order valence-electron chi connectivity index (χ1n) is 12.3. The summed E-state index contributed by atoms with van der Waals surface area (Å²) in [5.74, 6) is 0. The van der Waals surface area contributed by atoms with Crippen molar-refractivity contribution in [2.45, 2.75) is 105 Å². The summed E-state index contributed by atoms with van der Waals surface area (Å²) in [6.07, 6.45) is -25.9. The zero-order chi connectivity index (χ0) is 28.6. The van der Waals surface area contributed by atoms with Gasteiger partial charge in [0.1, 0.15) is 79.4 Å². The van der Waals surface area contributed by atoms with Crippen molar-refractivity contribution in [3.63, 3.8) is 0 Å². The number of aliphatic hydroxyl groups excluding tert-OH is 11. The van der Waals surface area contributed by atoms with Crippen LogP contribution in [0, 0.1) is 0 Å². The molecule has 0 aromatic rings. The first-order valence-corrected chi connectivity index (χ1v) is 12.3. The smallest absolute Gasteiger partial charge is 0.187 e. The van der Waals surface area contributed by atoms with Gasteiger partial charge in [-0.05, 0) is 0 Å². The molecule has 0 aromatic carbocycles. The van der Waals surface area contributed by atoms with Gasteiger partial charge in [-0.15, -0.1) is 0 Å². The maximum atomic E-state index is 10.9. The standard InChI is InChI=1S/C21H36O18/c22-1-5(26)14-15(37-19-12(30)9(27)6(2-23)34-19)13(31)20(36-14)39-17-11(29)8(4-25)35-21(17)38-16-10(28)7(3-24)33-18(16)32/h5-32H,1-4H2/t5-,6+,7+,8+,9+,10+,11+,12-,13-,14+,15-,16-,17-,18+,19+,20+,21-/m1/s1. The molecule has 0 aliphatic carbocycles. The van der Waals surface area contributed by atoms with E-state index in [1.54, 1.807) is 0 Å². The fraction of sp³-hybridized carbons (Fsp3) is 1.00. The summed E-state index contributed by atoms with van der Waals surface area (Å²) in [5, 5.41) is 110. The van der Waals surface area contributed by atoms with E-state index in [1.165, 1.54) is 0 Å². The largest absolute Gasteiger partial charge is 0.394 e. The second-order valence-corrected chi connectivity index (χ2v) is 9.67. The Labute approximate surface area is 221 Å². The lowest BCUT2D eigenvalue weighted by atomic mass is 10.1. The summed E-state index contributed by atoms with van der Waals surface area (Å²) in [5.41, 5.74) is 0. The molecule has 18 nitrogen and oxygen atoms in total. The lowest BCUT2D eigenvalue weighted by molar-refractivity contribution is -0.274. The van der Waals surface area contributed by atoms with Gasteiger partial charge in [-0.25, -0.2) is 0 Å². The van der Waals surface area contributed by atoms with Crippen molar-refractivity contribution in [2.75, 3.05) is 26.4 Å². The topological polar surface area (TPSA) is 287 Å². The third-order valence-corrected chi connectivity index (χ3v) is 7.14. The lowest BCUT2D eigenvalue weighted by Crippen LogP contribution is -2.48. The van der Waals surface area contributed by atoms with Crippen molar-refractivity contribution >= 4 is 0 Å². The normalized spacial score (nSPS) is 51.2. The van der Waals surface area contributed by atoms with Crippen LogP contribution in [0.1, 0.15) is 0 Å². The molecule has 4 aliphatic rings. The first kappa shape index (κ1) is 31.2. The number of hydrogen-bond donors (Lipinski definition) is 11. The zero-order valence-electron chi connectivity index (χ0n) is 20.4. The molecule has 4 aliphatic heterocycles. The lowest BCUT2D eigenvalue weighted by Gasteiger charge is -2.29. The van der Waals surface area contributed by atoms with Gasteiger partial charge in [0.15, 0.2) is 25.2 Å². The van der Waals surface area contributed by atoms with Crippen molar-refractivity contribution in [1.82, 2.24) is 0 Å². The van der Waals surface area contributed by atoms with E-state index in [0.29, 0.717) is 0 Å². The molecule has 0 amide bonds. The summed E-state index contributed by atoms with van der Waals surface area (Å²) >= 11 is 0. The third-order valence-electron chi connectivity index (χ3n) is 7.14. The van der Waals surface area contributed by atoms with E-state index < -0.39 is 131 Å². The minimum Gasteiger partial charge on any atom is -0.394 e. The molecule has 228 valence electrons. The minimum atomic E-state index is -1.77. The van der Waals surface area contributed by atoms with Crippen LogP contribution >= 0.6 is 0 Å². The van der Waals surface area contributed by atoms with Gasteiger partial charge in [-0.2, -0.15) is 0 Å². The molecular formula is C21H36O18. The Morgan fingerprint density at radius 2 is 1.00 bits per heavy atom. The Balaban J connectivity index is 1.49. The third kappa shape index (κ3) is 6.09. The molecule has 4 saturated heterocycles. The predicted molar refractivity (Wildman–Crippen MR) is 116 cm³/mol. The molecule has 0 aromatic heterocycles. The van der Waals surface area contributed by atoms with Gasteiger partial charge in [0, 0.05) is 0 Å². The summed E-state index contributed by atoms with van der Waals surface area (Å²) in [6.45, 7) is -2.85. The van der Waals surface area contributed by atoms with E-state index >= 15 is 0 Å². The highest BCUT2D eigenvalue weighted by atomic mass is 16.8. The second-order valence-electron chi connectivity index (χ2n) is 9.67. The quantitative estimate of drug-likeness (QED) is 0.109. The van der Waals surface area contributed by atoms with Crippen LogP contribution in [0.4, 0.5) is 0 Å². The van der Waals surface area contributed by atoms with Crippen molar-refractivity contribution in [3.05, 3.63) is 0 Å². The average Bonchev–Trinajstić information content (AvgIpc) is 3.59. The van der Waals surface area contributed by atoms with E-state index in [1.807, 2.05) is 0 Å². The van der Waals surface area contributed by atoms with Crippen LogP contribution in [0.3, 0.4) is 0 Å². The first-order chi connectivity index (χ1) is 18.6. The van der Waals surface area contributed by atoms with Gasteiger partial charge in [-0.3, -0.25) is 0 Å². The van der Waals surface area contributed by atoms with E-state index in [2.05, 4.69) is 0 Å². The van der Waals surface area contributed by atoms with Crippen LogP contribution in [0.5, 0.6) is 0 Å². The molecule has 17 atom stereocenters. The van der Waals surface area contributed by atoms with Gasteiger partial charge in [0.2, 0.25) is 0 Å². The molecule has 0 unspecified atom stereocenters. The van der Waals surface area contributed by atoms with E-state index in [-0.39, 0.29) is 0 Å². The Hall–Kier alpha value is -0.720. The zero-order valence-corrected chi connectivity index (χ0v) is 20.4. The van der Waals surface area contributed by atoms with E-state index in [4.69, 9.17) is 33.2 Å². The Morgan fingerprint density at radius 1 is 0.513 bits per heavy atom. The fourth-order valence-electron chi connectivity index (χ4n) is 4.91. The van der Waals surface area contributed by atoms with Crippen LogP contribution < -0.4 is 0 Å². The fourth-order valence-corrected chi connectivity index (χ4v) is 4.91. The Morgan fingerprint density at radius 3 is 1.56 bits per heavy atom. The van der Waals surface area contributed by atoms with Crippen molar-refractivity contribution < 1.29 is 89.3 Å². The molecule has 39 heavy (non-hydrogen) atoms. The highest BCUT2D eigenvalue weighted by Gasteiger charge is 2.56. The molecule has 0 radical (unpaired) electrons. The summed E-state index contributed by atoms with van der Waals surface area (Å²) < 4.78 is 38.0. The van der Waals surface area contributed by atoms with Crippen LogP contribution in [0.15, 0.2) is 0 Å². The molecule has 4 heterocycles. The summed E-state index contributed by atoms with van der Waals surface area (Å²) in [7, 11) is 0. The molecule has 0 bridgehead atoms. The highest BCUT2D eigenvalue weighted by molar-refractivity contribution is 4.97.